The zero-order valence-corrected chi connectivity index (χ0v) is 9.95. The molecule has 0 aliphatic carbocycles. The van der Waals surface area contributed by atoms with Crippen molar-refractivity contribution in [3.63, 3.8) is 0 Å². The number of hydrogen-bond acceptors (Lipinski definition) is 2. The lowest BCUT2D eigenvalue weighted by atomic mass is 10.0. The number of nitrogens with one attached hydrogen (secondary N) is 1. The third-order valence-electron chi connectivity index (χ3n) is 2.66. The van der Waals surface area contributed by atoms with Crippen LogP contribution in [-0.4, -0.2) is 17.6 Å². The molecule has 2 nitrogen and oxygen atoms in total. The molecular weight excluding hydrogens is 196 g/mol. The van der Waals surface area contributed by atoms with Crippen molar-refractivity contribution in [2.24, 2.45) is 0 Å². The van der Waals surface area contributed by atoms with Crippen molar-refractivity contribution >= 4 is 0 Å². The Hall–Kier alpha value is -1.33. The quantitative estimate of drug-likeness (QED) is 0.708. The van der Waals surface area contributed by atoms with Crippen LogP contribution in [0.4, 0.5) is 0 Å². The van der Waals surface area contributed by atoms with E-state index in [1.54, 1.807) is 0 Å². The minimum Gasteiger partial charge on any atom is -0.314 e. The average molecular weight is 216 g/mol. The largest absolute Gasteiger partial charge is 0.314 e. The Labute approximate surface area is 98.5 Å². The van der Waals surface area contributed by atoms with Gasteiger partial charge in [-0.3, -0.25) is 4.98 Å². The van der Waals surface area contributed by atoms with Crippen molar-refractivity contribution in [2.45, 2.75) is 38.6 Å². The van der Waals surface area contributed by atoms with E-state index in [2.05, 4.69) is 35.3 Å². The van der Waals surface area contributed by atoms with Crippen LogP contribution in [0, 0.1) is 12.3 Å². The van der Waals surface area contributed by atoms with Gasteiger partial charge in [-0.1, -0.05) is 6.92 Å². The molecule has 0 spiro atoms. The van der Waals surface area contributed by atoms with Gasteiger partial charge in [0, 0.05) is 24.9 Å². The fourth-order valence-electron chi connectivity index (χ4n) is 1.79. The molecule has 0 amide bonds. The van der Waals surface area contributed by atoms with E-state index in [-0.39, 0.29) is 0 Å². The van der Waals surface area contributed by atoms with Gasteiger partial charge in [0.2, 0.25) is 0 Å². The second kappa shape index (κ2) is 7.90. The molecule has 1 N–H and O–H groups in total. The first kappa shape index (κ1) is 12.7. The van der Waals surface area contributed by atoms with Crippen LogP contribution in [0.15, 0.2) is 24.5 Å². The Morgan fingerprint density at radius 2 is 2.12 bits per heavy atom. The lowest BCUT2D eigenvalue weighted by molar-refractivity contribution is 0.469. The van der Waals surface area contributed by atoms with Gasteiger partial charge in [0.15, 0.2) is 0 Å². The van der Waals surface area contributed by atoms with Crippen molar-refractivity contribution < 1.29 is 0 Å². The highest BCUT2D eigenvalue weighted by molar-refractivity contribution is 5.09. The molecule has 0 fully saturated rings. The number of rotatable bonds is 7. The van der Waals surface area contributed by atoms with E-state index in [4.69, 9.17) is 6.42 Å². The average Bonchev–Trinajstić information content (AvgIpc) is 2.34. The van der Waals surface area contributed by atoms with Crippen LogP contribution >= 0.6 is 0 Å². The molecule has 0 bridgehead atoms. The summed E-state index contributed by atoms with van der Waals surface area (Å²) in [6.07, 6.45) is 13.1. The van der Waals surface area contributed by atoms with Gasteiger partial charge in [-0.2, -0.15) is 0 Å². The third-order valence-corrected chi connectivity index (χ3v) is 2.66. The van der Waals surface area contributed by atoms with Gasteiger partial charge in [0.1, 0.15) is 0 Å². The maximum atomic E-state index is 5.29. The van der Waals surface area contributed by atoms with Crippen molar-refractivity contribution in [3.05, 3.63) is 30.1 Å². The summed E-state index contributed by atoms with van der Waals surface area (Å²) in [5, 5.41) is 3.48. The Kier molecular flexibility index (Phi) is 6.29. The lowest BCUT2D eigenvalue weighted by Crippen LogP contribution is -2.29. The monoisotopic (exact) mass is 216 g/mol. The minimum absolute atomic E-state index is 0.536. The van der Waals surface area contributed by atoms with Crippen LogP contribution in [0.1, 0.15) is 31.7 Å². The molecule has 1 aromatic rings. The molecule has 0 radical (unpaired) electrons. The summed E-state index contributed by atoms with van der Waals surface area (Å²) in [6, 6.07) is 4.68. The number of terminal acetylenes is 1. The van der Waals surface area contributed by atoms with Crippen LogP contribution < -0.4 is 5.32 Å². The molecule has 0 aliphatic heterocycles. The SMILES string of the molecule is C#CCCC(CCc1ccncc1)NCC. The first-order chi connectivity index (χ1) is 7.86. The number of nitrogens with zero attached hydrogens (tertiary/aromatic N) is 1. The van der Waals surface area contributed by atoms with E-state index in [9.17, 15) is 0 Å². The van der Waals surface area contributed by atoms with Crippen LogP contribution in [0.3, 0.4) is 0 Å². The highest BCUT2D eigenvalue weighted by atomic mass is 14.9. The van der Waals surface area contributed by atoms with Gasteiger partial charge in [-0.15, -0.1) is 12.3 Å². The van der Waals surface area contributed by atoms with Crippen molar-refractivity contribution in [1.82, 2.24) is 10.3 Å². The molecule has 0 saturated heterocycles. The van der Waals surface area contributed by atoms with E-state index < -0.39 is 0 Å². The van der Waals surface area contributed by atoms with Crippen LogP contribution in [0.25, 0.3) is 0 Å². The smallest absolute Gasteiger partial charge is 0.0270 e. The predicted molar refractivity (Wildman–Crippen MR) is 68.1 cm³/mol. The standard InChI is InChI=1S/C14H20N2/c1-3-5-6-14(16-4-2)8-7-13-9-11-15-12-10-13/h1,9-12,14,16H,4-8H2,2H3. The summed E-state index contributed by atoms with van der Waals surface area (Å²) in [4.78, 5) is 4.02. The second-order valence-electron chi connectivity index (χ2n) is 3.89. The molecular formula is C14H20N2. The van der Waals surface area contributed by atoms with E-state index in [0.29, 0.717) is 6.04 Å². The zero-order chi connectivity index (χ0) is 11.6. The van der Waals surface area contributed by atoms with E-state index in [0.717, 1.165) is 32.2 Å². The third kappa shape index (κ3) is 4.95. The summed E-state index contributed by atoms with van der Waals surface area (Å²) in [5.41, 5.74) is 1.35. The normalized spacial score (nSPS) is 12.0. The van der Waals surface area contributed by atoms with Gasteiger partial charge in [0.05, 0.1) is 0 Å². The van der Waals surface area contributed by atoms with Gasteiger partial charge < -0.3 is 5.32 Å². The first-order valence-electron chi connectivity index (χ1n) is 5.92. The van der Waals surface area contributed by atoms with Gasteiger partial charge in [-0.05, 0) is 43.5 Å². The Bertz CT molecular complexity index is 313. The molecule has 1 atom stereocenters. The summed E-state index contributed by atoms with van der Waals surface area (Å²) in [7, 11) is 0. The molecule has 0 aromatic carbocycles. The van der Waals surface area contributed by atoms with Crippen LogP contribution in [-0.2, 0) is 6.42 Å². The second-order valence-corrected chi connectivity index (χ2v) is 3.89. The molecule has 1 unspecified atom stereocenters. The van der Waals surface area contributed by atoms with Gasteiger partial charge >= 0.3 is 0 Å². The topological polar surface area (TPSA) is 24.9 Å². The number of hydrogen-bond donors (Lipinski definition) is 1. The maximum absolute atomic E-state index is 5.29. The Morgan fingerprint density at radius 3 is 2.75 bits per heavy atom. The fraction of sp³-hybridized carbons (Fsp3) is 0.500. The highest BCUT2D eigenvalue weighted by Gasteiger charge is 2.06. The summed E-state index contributed by atoms with van der Waals surface area (Å²) < 4.78 is 0. The predicted octanol–water partition coefficient (Wildman–Crippen LogP) is 2.41. The molecule has 0 aliphatic rings. The number of aromatic nitrogens is 1. The lowest BCUT2D eigenvalue weighted by Gasteiger charge is -2.16. The van der Waals surface area contributed by atoms with Crippen molar-refractivity contribution in [3.8, 4) is 12.3 Å². The van der Waals surface area contributed by atoms with E-state index in [1.165, 1.54) is 5.56 Å². The molecule has 16 heavy (non-hydrogen) atoms. The number of pyridine rings is 1. The first-order valence-corrected chi connectivity index (χ1v) is 5.92. The number of aryl methyl sites for hydroxylation is 1. The molecule has 2 heteroatoms. The van der Waals surface area contributed by atoms with E-state index >= 15 is 0 Å². The molecule has 0 saturated carbocycles. The molecule has 1 heterocycles. The molecule has 1 rings (SSSR count). The zero-order valence-electron chi connectivity index (χ0n) is 9.95. The molecule has 1 aromatic heterocycles. The summed E-state index contributed by atoms with van der Waals surface area (Å²) in [6.45, 7) is 3.14. The van der Waals surface area contributed by atoms with Crippen molar-refractivity contribution in [1.29, 1.82) is 0 Å². The Balaban J connectivity index is 2.35. The minimum atomic E-state index is 0.536. The van der Waals surface area contributed by atoms with Gasteiger partial charge in [-0.25, -0.2) is 0 Å². The van der Waals surface area contributed by atoms with Gasteiger partial charge in [0.25, 0.3) is 0 Å². The Morgan fingerprint density at radius 1 is 1.38 bits per heavy atom. The molecule has 86 valence electrons. The fourth-order valence-corrected chi connectivity index (χ4v) is 1.79. The van der Waals surface area contributed by atoms with Crippen LogP contribution in [0.2, 0.25) is 0 Å². The summed E-state index contributed by atoms with van der Waals surface area (Å²) >= 11 is 0. The summed E-state index contributed by atoms with van der Waals surface area (Å²) in [5.74, 6) is 2.70. The van der Waals surface area contributed by atoms with Crippen molar-refractivity contribution in [2.75, 3.05) is 6.54 Å². The maximum Gasteiger partial charge on any atom is 0.0270 e. The highest BCUT2D eigenvalue weighted by Crippen LogP contribution is 2.07. The van der Waals surface area contributed by atoms with Crippen LogP contribution in [0.5, 0.6) is 0 Å². The van der Waals surface area contributed by atoms with E-state index in [1.807, 2.05) is 12.4 Å².